The maximum Gasteiger partial charge on any atom is 0.0788 e. The molecule has 240 valence electrons. The largest absolute Gasteiger partial charge is 0.247 e. The number of para-hydroxylation sites is 1. The number of hydrogen-bond donors (Lipinski definition) is 0. The van der Waals surface area contributed by atoms with Gasteiger partial charge in [-0.15, -0.1) is 11.3 Å². The summed E-state index contributed by atoms with van der Waals surface area (Å²) in [6.45, 7) is 0. The first-order chi connectivity index (χ1) is 25.8. The summed E-state index contributed by atoms with van der Waals surface area (Å²) in [5.74, 6) is 0. The van der Waals surface area contributed by atoms with Crippen molar-refractivity contribution in [3.63, 3.8) is 0 Å². The Bertz CT molecular complexity index is 3080. The first-order valence-electron chi connectivity index (χ1n) is 18.0. The molecule has 0 fully saturated rings. The van der Waals surface area contributed by atoms with Crippen molar-refractivity contribution >= 4 is 53.2 Å². The predicted molar refractivity (Wildman–Crippen MR) is 219 cm³/mol. The van der Waals surface area contributed by atoms with E-state index in [2.05, 4.69) is 176 Å². The standard InChI is InChI=1S/C50H29NS/c1-6-19-42-33(12-1)34-13-2-7-20-43(34)50(42)44-21-8-3-14-35(44)40-28-41-39(29-45(40)50)36-15-4-9-22-46(36)51-48(41)31-26-24-30(25-27-31)32-17-11-18-38-37-16-5-10-23-47(37)52-49(32)38/h1-29H. The molecular formula is C50H29NS. The molecule has 0 aliphatic heterocycles. The van der Waals surface area contributed by atoms with Gasteiger partial charge in [-0.25, -0.2) is 4.98 Å². The van der Waals surface area contributed by atoms with Gasteiger partial charge in [0.05, 0.1) is 16.6 Å². The van der Waals surface area contributed by atoms with Gasteiger partial charge in [0.1, 0.15) is 0 Å². The first kappa shape index (κ1) is 28.4. The quantitative estimate of drug-likeness (QED) is 0.166. The van der Waals surface area contributed by atoms with Crippen molar-refractivity contribution < 1.29 is 0 Å². The molecule has 1 nitrogen and oxygen atoms in total. The highest BCUT2D eigenvalue weighted by atomic mass is 32.1. The molecule has 2 aromatic heterocycles. The molecule has 8 aromatic carbocycles. The summed E-state index contributed by atoms with van der Waals surface area (Å²) < 4.78 is 2.66. The average Bonchev–Trinajstić information content (AvgIpc) is 3.84. The van der Waals surface area contributed by atoms with E-state index in [1.807, 2.05) is 11.3 Å². The lowest BCUT2D eigenvalue weighted by Crippen LogP contribution is -2.25. The lowest BCUT2D eigenvalue weighted by molar-refractivity contribution is 0.795. The van der Waals surface area contributed by atoms with Crippen LogP contribution < -0.4 is 0 Å². The Labute approximate surface area is 305 Å². The van der Waals surface area contributed by atoms with E-state index >= 15 is 0 Å². The summed E-state index contributed by atoms with van der Waals surface area (Å²) in [7, 11) is 0. The summed E-state index contributed by atoms with van der Waals surface area (Å²) in [5, 5.41) is 6.26. The minimum absolute atomic E-state index is 0.382. The molecular weight excluding hydrogens is 647 g/mol. The zero-order chi connectivity index (χ0) is 34.0. The molecule has 1 spiro atoms. The second-order valence-electron chi connectivity index (χ2n) is 14.2. The van der Waals surface area contributed by atoms with Crippen molar-refractivity contribution in [1.29, 1.82) is 0 Å². The molecule has 0 N–H and O–H groups in total. The van der Waals surface area contributed by atoms with E-state index < -0.39 is 0 Å². The Morgan fingerprint density at radius 2 is 0.923 bits per heavy atom. The third-order valence-corrected chi connectivity index (χ3v) is 12.9. The van der Waals surface area contributed by atoms with Crippen LogP contribution in [0, 0.1) is 0 Å². The zero-order valence-electron chi connectivity index (χ0n) is 28.1. The highest BCUT2D eigenvalue weighted by Crippen LogP contribution is 2.63. The topological polar surface area (TPSA) is 12.9 Å². The van der Waals surface area contributed by atoms with Crippen LogP contribution >= 0.6 is 11.3 Å². The Morgan fingerprint density at radius 3 is 1.65 bits per heavy atom. The van der Waals surface area contributed by atoms with E-state index in [9.17, 15) is 0 Å². The number of rotatable bonds is 2. The van der Waals surface area contributed by atoms with Crippen molar-refractivity contribution in [3.05, 3.63) is 198 Å². The molecule has 0 saturated heterocycles. The van der Waals surface area contributed by atoms with E-state index in [1.54, 1.807) is 0 Å². The van der Waals surface area contributed by atoms with Crippen LogP contribution in [0.1, 0.15) is 22.3 Å². The van der Waals surface area contributed by atoms with E-state index in [0.29, 0.717) is 0 Å². The first-order valence-corrected chi connectivity index (χ1v) is 18.8. The summed E-state index contributed by atoms with van der Waals surface area (Å²) in [6, 6.07) is 65.2. The molecule has 0 bridgehead atoms. The van der Waals surface area contributed by atoms with Gasteiger partial charge in [0, 0.05) is 36.5 Å². The Balaban J connectivity index is 1.11. The van der Waals surface area contributed by atoms with Gasteiger partial charge < -0.3 is 0 Å². The molecule has 0 amide bonds. The number of hydrogen-bond acceptors (Lipinski definition) is 2. The Morgan fingerprint density at radius 1 is 0.365 bits per heavy atom. The molecule has 2 heteroatoms. The zero-order valence-corrected chi connectivity index (χ0v) is 28.9. The maximum absolute atomic E-state index is 5.40. The summed E-state index contributed by atoms with van der Waals surface area (Å²) in [6.07, 6.45) is 0. The van der Waals surface area contributed by atoms with Gasteiger partial charge in [0.15, 0.2) is 0 Å². The van der Waals surface area contributed by atoms with Crippen LogP contribution in [0.5, 0.6) is 0 Å². The number of fused-ring (bicyclic) bond motifs is 16. The summed E-state index contributed by atoms with van der Waals surface area (Å²) in [4.78, 5) is 5.40. The maximum atomic E-state index is 5.40. The molecule has 0 unspecified atom stereocenters. The molecule has 10 aromatic rings. The fraction of sp³-hybridized carbons (Fsp3) is 0.0200. The summed E-state index contributed by atoms with van der Waals surface area (Å²) >= 11 is 1.88. The lowest BCUT2D eigenvalue weighted by Gasteiger charge is -2.30. The normalized spacial score (nSPS) is 13.5. The van der Waals surface area contributed by atoms with Crippen LogP contribution in [0.15, 0.2) is 176 Å². The fourth-order valence-corrected chi connectivity index (χ4v) is 10.8. The number of thiophene rings is 1. The van der Waals surface area contributed by atoms with Crippen molar-refractivity contribution in [1.82, 2.24) is 4.98 Å². The highest BCUT2D eigenvalue weighted by molar-refractivity contribution is 7.26. The van der Waals surface area contributed by atoms with Crippen molar-refractivity contribution in [2.45, 2.75) is 5.41 Å². The van der Waals surface area contributed by atoms with E-state index in [4.69, 9.17) is 4.98 Å². The fourth-order valence-electron chi connectivity index (χ4n) is 9.54. The molecule has 2 heterocycles. The minimum atomic E-state index is -0.382. The molecule has 12 rings (SSSR count). The third kappa shape index (κ3) is 3.59. The van der Waals surface area contributed by atoms with Crippen molar-refractivity contribution in [3.8, 4) is 44.6 Å². The number of nitrogens with zero attached hydrogens (tertiary/aromatic N) is 1. The second kappa shape index (κ2) is 10.4. The molecule has 0 atom stereocenters. The van der Waals surface area contributed by atoms with Crippen LogP contribution in [0.4, 0.5) is 0 Å². The lowest BCUT2D eigenvalue weighted by atomic mass is 9.70. The van der Waals surface area contributed by atoms with Crippen LogP contribution in [-0.4, -0.2) is 4.98 Å². The number of pyridine rings is 1. The number of benzene rings is 8. The van der Waals surface area contributed by atoms with Crippen LogP contribution in [0.3, 0.4) is 0 Å². The summed E-state index contributed by atoms with van der Waals surface area (Å²) in [5.41, 5.74) is 16.0. The Kier molecular flexibility index (Phi) is 5.65. The van der Waals surface area contributed by atoms with E-state index in [0.717, 1.165) is 16.8 Å². The SMILES string of the molecule is c1ccc2c(c1)-c1ccccc1C21c2ccccc2-c2cc3c(-c4ccc(-c5cccc6c5sc5ccccc56)cc4)nc4ccccc4c3cc21. The van der Waals surface area contributed by atoms with Gasteiger partial charge in [0.2, 0.25) is 0 Å². The van der Waals surface area contributed by atoms with Gasteiger partial charge in [-0.2, -0.15) is 0 Å². The number of aromatic nitrogens is 1. The van der Waals surface area contributed by atoms with Crippen LogP contribution in [-0.2, 0) is 5.41 Å². The highest BCUT2D eigenvalue weighted by Gasteiger charge is 2.51. The molecule has 2 aliphatic carbocycles. The minimum Gasteiger partial charge on any atom is -0.247 e. The molecule has 0 saturated carbocycles. The van der Waals surface area contributed by atoms with Crippen LogP contribution in [0.2, 0.25) is 0 Å². The average molecular weight is 676 g/mol. The molecule has 0 radical (unpaired) electrons. The van der Waals surface area contributed by atoms with Gasteiger partial charge in [-0.1, -0.05) is 152 Å². The van der Waals surface area contributed by atoms with Gasteiger partial charge >= 0.3 is 0 Å². The van der Waals surface area contributed by atoms with Crippen LogP contribution in [0.25, 0.3) is 86.5 Å². The van der Waals surface area contributed by atoms with Crippen molar-refractivity contribution in [2.75, 3.05) is 0 Å². The van der Waals surface area contributed by atoms with E-state index in [1.165, 1.54) is 92.0 Å². The smallest absolute Gasteiger partial charge is 0.0788 e. The van der Waals surface area contributed by atoms with Crippen molar-refractivity contribution in [2.24, 2.45) is 0 Å². The molecule has 52 heavy (non-hydrogen) atoms. The van der Waals surface area contributed by atoms with Gasteiger partial charge in [-0.05, 0) is 85.3 Å². The van der Waals surface area contributed by atoms with Gasteiger partial charge in [-0.3, -0.25) is 0 Å². The van der Waals surface area contributed by atoms with Gasteiger partial charge in [0.25, 0.3) is 0 Å². The second-order valence-corrected chi connectivity index (χ2v) is 15.2. The monoisotopic (exact) mass is 675 g/mol. The molecule has 2 aliphatic rings. The predicted octanol–water partition coefficient (Wildman–Crippen LogP) is 13.4. The Hall–Kier alpha value is -6.35. The third-order valence-electron chi connectivity index (χ3n) is 11.7. The van der Waals surface area contributed by atoms with E-state index in [-0.39, 0.29) is 5.41 Å².